The molecule has 0 saturated carbocycles. The first-order valence-electron chi connectivity index (χ1n) is 12.7. The van der Waals surface area contributed by atoms with Crippen LogP contribution in [0.15, 0.2) is 60.9 Å². The van der Waals surface area contributed by atoms with Crippen LogP contribution in [0, 0.1) is 0 Å². The van der Waals surface area contributed by atoms with Crippen molar-refractivity contribution in [2.45, 2.75) is 0 Å². The molecule has 0 amide bonds. The van der Waals surface area contributed by atoms with Gasteiger partial charge in [0.2, 0.25) is 0 Å². The molecule has 0 N–H and O–H groups in total. The number of ether oxygens (including phenoxy) is 3. The Bertz CT molecular complexity index is 1550. The highest BCUT2D eigenvalue weighted by Crippen LogP contribution is 2.34. The topological polar surface area (TPSA) is 116 Å². The van der Waals surface area contributed by atoms with E-state index in [1.165, 1.54) is 0 Å². The van der Waals surface area contributed by atoms with Crippen molar-refractivity contribution < 1.29 is 26.8 Å². The first-order valence-corrected chi connectivity index (χ1v) is 14.6. The molecule has 1 fully saturated rings. The Morgan fingerprint density at radius 2 is 1.65 bits per heavy atom. The Balaban J connectivity index is 1.48. The molecular formula is C28H31N5O6S. The highest BCUT2D eigenvalue weighted by Gasteiger charge is 2.16. The number of methoxy groups -OCH3 is 2. The molecule has 1 saturated heterocycles. The standard InChI is InChI=1S/C28H31N5O6S/c1-36-23-14-22(15-24(17-23)37-2)33(10-13-39-40(3,34)35)21-5-6-25-26(16-21)31-27(19-29-25)20-4-7-28(30-18-20)32-8-11-38-12-9-32/h4-7,14-19H,8-13H2,1-3H3. The number of aromatic nitrogens is 3. The summed E-state index contributed by atoms with van der Waals surface area (Å²) in [7, 11) is -0.456. The maximum atomic E-state index is 11.6. The first-order chi connectivity index (χ1) is 19.3. The highest BCUT2D eigenvalue weighted by atomic mass is 32.2. The molecule has 0 atom stereocenters. The minimum Gasteiger partial charge on any atom is -0.497 e. The second-order valence-corrected chi connectivity index (χ2v) is 10.8. The van der Waals surface area contributed by atoms with Crippen LogP contribution in [-0.4, -0.2) is 83.3 Å². The summed E-state index contributed by atoms with van der Waals surface area (Å²) in [6.07, 6.45) is 4.57. The summed E-state index contributed by atoms with van der Waals surface area (Å²) >= 11 is 0. The van der Waals surface area contributed by atoms with Gasteiger partial charge in [0.15, 0.2) is 0 Å². The van der Waals surface area contributed by atoms with Crippen molar-refractivity contribution in [2.24, 2.45) is 0 Å². The molecule has 1 aliphatic rings. The molecule has 0 radical (unpaired) electrons. The second-order valence-electron chi connectivity index (χ2n) is 9.18. The lowest BCUT2D eigenvalue weighted by Gasteiger charge is -2.27. The number of benzene rings is 2. The minimum atomic E-state index is -3.60. The van der Waals surface area contributed by atoms with Gasteiger partial charge in [-0.1, -0.05) is 0 Å². The van der Waals surface area contributed by atoms with E-state index in [0.29, 0.717) is 35.9 Å². The van der Waals surface area contributed by atoms with E-state index in [-0.39, 0.29) is 13.2 Å². The van der Waals surface area contributed by atoms with Crippen molar-refractivity contribution in [3.8, 4) is 22.8 Å². The number of fused-ring (bicyclic) bond motifs is 1. The molecular weight excluding hydrogens is 534 g/mol. The third kappa shape index (κ3) is 6.58. The molecule has 11 nitrogen and oxygen atoms in total. The van der Waals surface area contributed by atoms with Crippen molar-refractivity contribution >= 4 is 38.3 Å². The van der Waals surface area contributed by atoms with E-state index in [9.17, 15) is 8.42 Å². The van der Waals surface area contributed by atoms with Crippen molar-refractivity contribution in [3.05, 3.63) is 60.9 Å². The normalized spacial score (nSPS) is 13.8. The summed E-state index contributed by atoms with van der Waals surface area (Å²) in [5.74, 6) is 2.10. The molecule has 0 bridgehead atoms. The quantitative estimate of drug-likeness (QED) is 0.262. The Hall–Kier alpha value is -4.00. The third-order valence-electron chi connectivity index (χ3n) is 6.48. The van der Waals surface area contributed by atoms with Crippen LogP contribution in [0.1, 0.15) is 0 Å². The number of pyridine rings is 1. The Labute approximate surface area is 233 Å². The monoisotopic (exact) mass is 565 g/mol. The predicted octanol–water partition coefficient (Wildman–Crippen LogP) is 3.66. The van der Waals surface area contributed by atoms with Crippen LogP contribution < -0.4 is 19.3 Å². The first kappa shape index (κ1) is 27.6. The zero-order chi connectivity index (χ0) is 28.1. The zero-order valence-corrected chi connectivity index (χ0v) is 23.4. The van der Waals surface area contributed by atoms with E-state index < -0.39 is 10.1 Å². The maximum absolute atomic E-state index is 11.6. The van der Waals surface area contributed by atoms with Gasteiger partial charge in [-0.3, -0.25) is 9.17 Å². The number of morpholine rings is 1. The smallest absolute Gasteiger partial charge is 0.264 e. The molecule has 210 valence electrons. The Morgan fingerprint density at radius 3 is 2.30 bits per heavy atom. The lowest BCUT2D eigenvalue weighted by molar-refractivity contribution is 0.122. The number of hydrogen-bond acceptors (Lipinski definition) is 11. The molecule has 2 aromatic carbocycles. The van der Waals surface area contributed by atoms with E-state index in [4.69, 9.17) is 23.4 Å². The molecule has 5 rings (SSSR count). The molecule has 2 aromatic heterocycles. The number of anilines is 3. The summed E-state index contributed by atoms with van der Waals surface area (Å²) < 4.78 is 44.7. The fourth-order valence-corrected chi connectivity index (χ4v) is 4.84. The lowest BCUT2D eigenvalue weighted by Crippen LogP contribution is -2.36. The van der Waals surface area contributed by atoms with Crippen LogP contribution in [0.5, 0.6) is 11.5 Å². The van der Waals surface area contributed by atoms with E-state index in [2.05, 4.69) is 14.9 Å². The van der Waals surface area contributed by atoms with Gasteiger partial charge in [-0.05, 0) is 30.3 Å². The Kier molecular flexibility index (Phi) is 8.29. The minimum absolute atomic E-state index is 0.0523. The van der Waals surface area contributed by atoms with Crippen molar-refractivity contribution in [1.29, 1.82) is 0 Å². The van der Waals surface area contributed by atoms with Gasteiger partial charge in [-0.2, -0.15) is 8.42 Å². The average Bonchev–Trinajstić information content (AvgIpc) is 2.98. The number of rotatable bonds is 10. The van der Waals surface area contributed by atoms with Crippen molar-refractivity contribution in [1.82, 2.24) is 15.0 Å². The van der Waals surface area contributed by atoms with Gasteiger partial charge in [0.05, 0.1) is 63.2 Å². The molecule has 1 aliphatic heterocycles. The largest absolute Gasteiger partial charge is 0.497 e. The van der Waals surface area contributed by atoms with Crippen LogP contribution >= 0.6 is 0 Å². The molecule has 0 aliphatic carbocycles. The molecule has 3 heterocycles. The van der Waals surface area contributed by atoms with Gasteiger partial charge in [0, 0.05) is 61.0 Å². The van der Waals surface area contributed by atoms with Crippen LogP contribution in [0.25, 0.3) is 22.3 Å². The molecule has 12 heteroatoms. The van der Waals surface area contributed by atoms with Gasteiger partial charge >= 0.3 is 0 Å². The fraction of sp³-hybridized carbons (Fsp3) is 0.321. The number of hydrogen-bond donors (Lipinski definition) is 0. The SMILES string of the molecule is COc1cc(OC)cc(N(CCOS(C)(=O)=O)c2ccc3ncc(-c4ccc(N5CCOCC5)nc4)nc3c2)c1. The molecule has 0 unspecified atom stereocenters. The van der Waals surface area contributed by atoms with E-state index in [0.717, 1.165) is 47.6 Å². The van der Waals surface area contributed by atoms with E-state index >= 15 is 0 Å². The van der Waals surface area contributed by atoms with Crippen LogP contribution in [0.2, 0.25) is 0 Å². The van der Waals surface area contributed by atoms with Gasteiger partial charge in [-0.25, -0.2) is 9.97 Å². The lowest BCUT2D eigenvalue weighted by atomic mass is 10.1. The summed E-state index contributed by atoms with van der Waals surface area (Å²) in [4.78, 5) is 18.2. The number of nitrogens with zero attached hydrogens (tertiary/aromatic N) is 5. The van der Waals surface area contributed by atoms with Crippen LogP contribution in [-0.2, 0) is 19.0 Å². The van der Waals surface area contributed by atoms with E-state index in [1.54, 1.807) is 26.5 Å². The molecule has 0 spiro atoms. The third-order valence-corrected chi connectivity index (χ3v) is 7.07. The summed E-state index contributed by atoms with van der Waals surface area (Å²) in [6.45, 7) is 3.22. The Morgan fingerprint density at radius 1 is 0.900 bits per heavy atom. The zero-order valence-electron chi connectivity index (χ0n) is 22.6. The predicted molar refractivity (Wildman–Crippen MR) is 153 cm³/mol. The van der Waals surface area contributed by atoms with Gasteiger partial charge < -0.3 is 24.0 Å². The van der Waals surface area contributed by atoms with Crippen LogP contribution in [0.4, 0.5) is 17.2 Å². The second kappa shape index (κ2) is 12.0. The summed E-state index contributed by atoms with van der Waals surface area (Å²) in [5, 5.41) is 0. The highest BCUT2D eigenvalue weighted by molar-refractivity contribution is 7.85. The fourth-order valence-electron chi connectivity index (χ4n) is 4.46. The van der Waals surface area contributed by atoms with Gasteiger partial charge in [-0.15, -0.1) is 0 Å². The van der Waals surface area contributed by atoms with Crippen molar-refractivity contribution in [3.63, 3.8) is 0 Å². The van der Waals surface area contributed by atoms with E-state index in [1.807, 2.05) is 53.6 Å². The van der Waals surface area contributed by atoms with Crippen molar-refractivity contribution in [2.75, 3.05) is 69.7 Å². The average molecular weight is 566 g/mol. The van der Waals surface area contributed by atoms with Crippen LogP contribution in [0.3, 0.4) is 0 Å². The maximum Gasteiger partial charge on any atom is 0.264 e. The molecule has 40 heavy (non-hydrogen) atoms. The molecule has 4 aromatic rings. The van der Waals surface area contributed by atoms with Gasteiger partial charge in [0.1, 0.15) is 17.3 Å². The summed E-state index contributed by atoms with van der Waals surface area (Å²) in [6, 6.07) is 15.1. The summed E-state index contributed by atoms with van der Waals surface area (Å²) in [5.41, 5.74) is 4.46. The van der Waals surface area contributed by atoms with Gasteiger partial charge in [0.25, 0.3) is 10.1 Å².